The van der Waals surface area contributed by atoms with E-state index in [1.165, 1.54) is 30.1 Å². The van der Waals surface area contributed by atoms with Gasteiger partial charge in [0.15, 0.2) is 17.3 Å². The van der Waals surface area contributed by atoms with E-state index in [1.54, 1.807) is 25.4 Å². The van der Waals surface area contributed by atoms with Crippen LogP contribution in [0.15, 0.2) is 49.1 Å². The first-order valence-electron chi connectivity index (χ1n) is 17.3. The van der Waals surface area contributed by atoms with Crippen LogP contribution >= 0.6 is 0 Å². The molecule has 0 saturated carbocycles. The number of rotatable bonds is 12. The van der Waals surface area contributed by atoms with E-state index < -0.39 is 17.5 Å². The van der Waals surface area contributed by atoms with Crippen molar-refractivity contribution in [3.63, 3.8) is 0 Å². The number of aryl methyl sites for hydroxylation is 3. The number of fused-ring (bicyclic) bond motifs is 2. The molecular formula is C39H41F3N8O3. The molecule has 0 aliphatic heterocycles. The number of ketones is 2. The van der Waals surface area contributed by atoms with E-state index in [1.807, 2.05) is 58.4 Å². The second kappa shape index (κ2) is 14.1. The molecule has 4 heterocycles. The smallest absolute Gasteiger partial charge is 0.403 e. The van der Waals surface area contributed by atoms with Crippen LogP contribution in [-0.4, -0.2) is 57.4 Å². The van der Waals surface area contributed by atoms with Gasteiger partial charge >= 0.3 is 6.36 Å². The number of ether oxygens (including phenoxy) is 1. The van der Waals surface area contributed by atoms with Crippen molar-refractivity contribution in [3.8, 4) is 28.0 Å². The number of halogens is 3. The van der Waals surface area contributed by atoms with Gasteiger partial charge in [-0.1, -0.05) is 27.7 Å². The fourth-order valence-electron chi connectivity index (χ4n) is 6.54. The van der Waals surface area contributed by atoms with Crippen molar-refractivity contribution in [3.05, 3.63) is 77.7 Å². The second-order valence-electron chi connectivity index (χ2n) is 14.7. The SMILES string of the molecule is CC(=O)c1nn(CC(C)(C)CCC(=O)c2nn(CC(C)C)c3c(OC(F)(F)F)cc(-c4cnc(C)nc4)cc23)c2c(C)cc(-c3cnc(C)nc3)cc12. The van der Waals surface area contributed by atoms with Gasteiger partial charge < -0.3 is 4.74 Å². The highest BCUT2D eigenvalue weighted by molar-refractivity contribution is 6.09. The minimum Gasteiger partial charge on any atom is -0.403 e. The van der Waals surface area contributed by atoms with Crippen molar-refractivity contribution < 1.29 is 27.5 Å². The fraction of sp³-hybridized carbons (Fsp3) is 0.385. The Morgan fingerprint density at radius 1 is 0.755 bits per heavy atom. The summed E-state index contributed by atoms with van der Waals surface area (Å²) in [6, 6.07) is 6.87. The quantitative estimate of drug-likeness (QED) is 0.114. The number of hydrogen-bond acceptors (Lipinski definition) is 9. The second-order valence-corrected chi connectivity index (χ2v) is 14.7. The number of Topliss-reactive ketones (excluding diaryl/α,β-unsaturated/α-hetero) is 2. The highest BCUT2D eigenvalue weighted by atomic mass is 19.4. The zero-order valence-corrected chi connectivity index (χ0v) is 31.0. The largest absolute Gasteiger partial charge is 0.573 e. The van der Waals surface area contributed by atoms with Crippen molar-refractivity contribution in [2.24, 2.45) is 11.3 Å². The van der Waals surface area contributed by atoms with Crippen LogP contribution in [0.1, 0.15) is 85.6 Å². The molecular weight excluding hydrogens is 685 g/mol. The Morgan fingerprint density at radius 2 is 1.28 bits per heavy atom. The third-order valence-corrected chi connectivity index (χ3v) is 9.04. The summed E-state index contributed by atoms with van der Waals surface area (Å²) in [6.07, 6.45) is 2.00. The molecule has 0 saturated heterocycles. The highest BCUT2D eigenvalue weighted by Crippen LogP contribution is 2.39. The molecule has 6 aromatic rings. The molecule has 0 N–H and O–H groups in total. The molecule has 11 nitrogen and oxygen atoms in total. The van der Waals surface area contributed by atoms with Crippen LogP contribution < -0.4 is 4.74 Å². The molecule has 0 spiro atoms. The molecule has 0 aliphatic rings. The molecule has 276 valence electrons. The molecule has 14 heteroatoms. The summed E-state index contributed by atoms with van der Waals surface area (Å²) in [4.78, 5) is 43.9. The number of aromatic nitrogens is 8. The summed E-state index contributed by atoms with van der Waals surface area (Å²) in [5.41, 5.74) is 4.24. The first kappa shape index (κ1) is 37.2. The van der Waals surface area contributed by atoms with Crippen molar-refractivity contribution in [1.82, 2.24) is 39.5 Å². The summed E-state index contributed by atoms with van der Waals surface area (Å²) < 4.78 is 49.0. The Morgan fingerprint density at radius 3 is 1.81 bits per heavy atom. The number of nitrogens with zero attached hydrogens (tertiary/aromatic N) is 8. The van der Waals surface area contributed by atoms with Crippen LogP contribution in [0.2, 0.25) is 0 Å². The maximum absolute atomic E-state index is 14.1. The predicted octanol–water partition coefficient (Wildman–Crippen LogP) is 8.67. The minimum atomic E-state index is -4.98. The van der Waals surface area contributed by atoms with Gasteiger partial charge in [-0.25, -0.2) is 19.9 Å². The summed E-state index contributed by atoms with van der Waals surface area (Å²) in [7, 11) is 0. The molecule has 2 aromatic carbocycles. The Bertz CT molecular complexity index is 2340. The first-order chi connectivity index (χ1) is 24.9. The lowest BCUT2D eigenvalue weighted by Crippen LogP contribution is -2.22. The van der Waals surface area contributed by atoms with Crippen LogP contribution in [0.25, 0.3) is 44.1 Å². The Labute approximate surface area is 304 Å². The lowest BCUT2D eigenvalue weighted by molar-refractivity contribution is -0.274. The number of alkyl halides is 3. The third kappa shape index (κ3) is 8.11. The van der Waals surface area contributed by atoms with Crippen LogP contribution in [0.5, 0.6) is 5.75 Å². The van der Waals surface area contributed by atoms with Crippen LogP contribution in [0.3, 0.4) is 0 Å². The van der Waals surface area contributed by atoms with Gasteiger partial charge in [-0.3, -0.25) is 19.0 Å². The van der Waals surface area contributed by atoms with Crippen LogP contribution in [0, 0.1) is 32.1 Å². The third-order valence-electron chi connectivity index (χ3n) is 9.04. The van der Waals surface area contributed by atoms with E-state index in [4.69, 9.17) is 5.10 Å². The van der Waals surface area contributed by atoms with E-state index in [2.05, 4.69) is 29.8 Å². The van der Waals surface area contributed by atoms with E-state index in [9.17, 15) is 22.8 Å². The number of hydrogen-bond donors (Lipinski definition) is 0. The Hall–Kier alpha value is -5.53. The van der Waals surface area contributed by atoms with Gasteiger partial charge in [-0.05, 0) is 79.5 Å². The zero-order valence-electron chi connectivity index (χ0n) is 31.0. The minimum absolute atomic E-state index is 0.0115. The normalized spacial score (nSPS) is 12.3. The zero-order chi connectivity index (χ0) is 38.4. The highest BCUT2D eigenvalue weighted by Gasteiger charge is 2.34. The Balaban J connectivity index is 1.34. The van der Waals surface area contributed by atoms with Crippen molar-refractivity contribution in [2.75, 3.05) is 0 Å². The molecule has 0 bridgehead atoms. The van der Waals surface area contributed by atoms with Gasteiger partial charge in [0.25, 0.3) is 0 Å². The molecule has 0 fully saturated rings. The molecule has 0 unspecified atom stereocenters. The van der Waals surface area contributed by atoms with Crippen LogP contribution in [0.4, 0.5) is 13.2 Å². The van der Waals surface area contributed by atoms with Gasteiger partial charge in [-0.15, -0.1) is 13.2 Å². The first-order valence-corrected chi connectivity index (χ1v) is 17.3. The number of benzene rings is 2. The van der Waals surface area contributed by atoms with Gasteiger partial charge in [-0.2, -0.15) is 10.2 Å². The monoisotopic (exact) mass is 726 g/mol. The molecule has 6 rings (SSSR count). The van der Waals surface area contributed by atoms with Gasteiger partial charge in [0.2, 0.25) is 0 Å². The Kier molecular flexibility index (Phi) is 9.92. The maximum Gasteiger partial charge on any atom is 0.573 e. The topological polar surface area (TPSA) is 131 Å². The summed E-state index contributed by atoms with van der Waals surface area (Å²) in [5, 5.41) is 10.3. The standard InChI is InChI=1S/C39H41F3N8O3/c1-21(2)19-49-37-31(13-27(14-33(37)53-39(40,41)42)29-17-45-25(6)46-18-29)35(48-49)32(52)9-10-38(7,8)20-50-36-22(3)11-26(28-15-43-24(5)44-16-28)12-30(36)34(47-50)23(4)51/h11-18,21H,9-10,19-20H2,1-8H3. The van der Waals surface area contributed by atoms with E-state index in [0.717, 1.165) is 22.2 Å². The van der Waals surface area contributed by atoms with E-state index >= 15 is 0 Å². The van der Waals surface area contributed by atoms with Crippen LogP contribution in [-0.2, 0) is 13.1 Å². The molecule has 0 aliphatic carbocycles. The van der Waals surface area contributed by atoms with Crippen molar-refractivity contribution >= 4 is 33.4 Å². The van der Waals surface area contributed by atoms with E-state index in [0.29, 0.717) is 46.8 Å². The lowest BCUT2D eigenvalue weighted by Gasteiger charge is -2.25. The maximum atomic E-state index is 14.1. The molecule has 4 aromatic heterocycles. The average molecular weight is 727 g/mol. The van der Waals surface area contributed by atoms with Gasteiger partial charge in [0.05, 0.1) is 5.52 Å². The molecule has 0 amide bonds. The number of carbonyl (C=O) groups excluding carboxylic acids is 2. The van der Waals surface area contributed by atoms with Crippen molar-refractivity contribution in [1.29, 1.82) is 0 Å². The summed E-state index contributed by atoms with van der Waals surface area (Å²) in [6.45, 7) is 15.5. The summed E-state index contributed by atoms with van der Waals surface area (Å²) >= 11 is 0. The van der Waals surface area contributed by atoms with E-state index in [-0.39, 0.29) is 47.0 Å². The van der Waals surface area contributed by atoms with Gasteiger partial charge in [0.1, 0.15) is 28.6 Å². The summed E-state index contributed by atoms with van der Waals surface area (Å²) in [5.74, 6) is 0.215. The molecule has 0 atom stereocenters. The lowest BCUT2D eigenvalue weighted by atomic mass is 9.86. The predicted molar refractivity (Wildman–Crippen MR) is 195 cm³/mol. The van der Waals surface area contributed by atoms with Crippen molar-refractivity contribution in [2.45, 2.75) is 87.7 Å². The number of carbonyl (C=O) groups is 2. The fourth-order valence-corrected chi connectivity index (χ4v) is 6.54. The average Bonchev–Trinajstić information content (AvgIpc) is 3.61. The molecule has 53 heavy (non-hydrogen) atoms. The molecule has 0 radical (unpaired) electrons. The van der Waals surface area contributed by atoms with Gasteiger partial charge in [0, 0.05) is 73.1 Å².